The number of aliphatic imine (C=N–C) groups is 1. The van der Waals surface area contributed by atoms with Crippen molar-refractivity contribution in [1.29, 1.82) is 5.41 Å². The molecule has 4 rings (SSSR count). The first-order valence-corrected chi connectivity index (χ1v) is 9.84. The molecule has 0 radical (unpaired) electrons. The lowest BCUT2D eigenvalue weighted by Gasteiger charge is -2.32. The molecule has 154 valence electrons. The Hall–Kier alpha value is -2.87. The fourth-order valence-corrected chi connectivity index (χ4v) is 4.15. The molecule has 2 aromatic rings. The molecule has 8 nitrogen and oxygen atoms in total. The topological polar surface area (TPSA) is 95.8 Å². The summed E-state index contributed by atoms with van der Waals surface area (Å²) in [6.45, 7) is 4.86. The molecule has 0 saturated carbocycles. The number of aryl methyl sites for hydroxylation is 1. The average Bonchev–Trinajstić information content (AvgIpc) is 3.40. The SMILES string of the molecule is COc1cc2c(cc1OC)CN(/C(=N/C=N)c1[nH]c(C)nc1[C@H]1CCOC1)CC2. The minimum atomic E-state index is 0.257. The van der Waals surface area contributed by atoms with E-state index in [1.165, 1.54) is 11.1 Å². The van der Waals surface area contributed by atoms with E-state index in [1.807, 2.05) is 13.0 Å². The molecule has 2 aliphatic heterocycles. The lowest BCUT2D eigenvalue weighted by molar-refractivity contribution is 0.193. The van der Waals surface area contributed by atoms with Gasteiger partial charge in [-0.05, 0) is 43.0 Å². The highest BCUT2D eigenvalue weighted by Gasteiger charge is 2.29. The minimum absolute atomic E-state index is 0.257. The number of aromatic amines is 1. The Morgan fingerprint density at radius 1 is 1.31 bits per heavy atom. The van der Waals surface area contributed by atoms with Gasteiger partial charge in [-0.15, -0.1) is 0 Å². The molecule has 1 aromatic heterocycles. The Bertz CT molecular complexity index is 931. The summed E-state index contributed by atoms with van der Waals surface area (Å²) < 4.78 is 16.5. The monoisotopic (exact) mass is 397 g/mol. The minimum Gasteiger partial charge on any atom is -0.493 e. The molecule has 1 atom stereocenters. The van der Waals surface area contributed by atoms with Crippen LogP contribution in [0.1, 0.15) is 40.7 Å². The van der Waals surface area contributed by atoms with E-state index in [4.69, 9.17) is 24.6 Å². The molecule has 1 fully saturated rings. The largest absolute Gasteiger partial charge is 0.493 e. The number of methoxy groups -OCH3 is 2. The molecule has 0 aliphatic carbocycles. The number of benzene rings is 1. The van der Waals surface area contributed by atoms with E-state index >= 15 is 0 Å². The van der Waals surface area contributed by atoms with Gasteiger partial charge in [-0.1, -0.05) is 0 Å². The second kappa shape index (κ2) is 8.24. The quantitative estimate of drug-likeness (QED) is 0.597. The fraction of sp³-hybridized carbons (Fsp3) is 0.476. The highest BCUT2D eigenvalue weighted by atomic mass is 16.5. The van der Waals surface area contributed by atoms with Crippen molar-refractivity contribution in [1.82, 2.24) is 14.9 Å². The van der Waals surface area contributed by atoms with Crippen molar-refractivity contribution < 1.29 is 14.2 Å². The Labute approximate surface area is 170 Å². The first-order valence-electron chi connectivity index (χ1n) is 9.84. The number of aromatic nitrogens is 2. The third-order valence-corrected chi connectivity index (χ3v) is 5.59. The number of rotatable bonds is 5. The Kier molecular flexibility index (Phi) is 5.53. The summed E-state index contributed by atoms with van der Waals surface area (Å²) in [6.07, 6.45) is 2.92. The molecule has 0 bridgehead atoms. The van der Waals surface area contributed by atoms with Crippen molar-refractivity contribution in [3.05, 3.63) is 40.5 Å². The summed E-state index contributed by atoms with van der Waals surface area (Å²) in [5.74, 6) is 3.33. The van der Waals surface area contributed by atoms with E-state index in [-0.39, 0.29) is 5.92 Å². The molecule has 8 heteroatoms. The van der Waals surface area contributed by atoms with Gasteiger partial charge in [0.1, 0.15) is 17.9 Å². The number of nitrogens with one attached hydrogen (secondary N) is 2. The summed E-state index contributed by atoms with van der Waals surface area (Å²) in [5, 5.41) is 7.61. The Balaban J connectivity index is 1.68. The molecular formula is C21H27N5O3. The molecule has 2 N–H and O–H groups in total. The van der Waals surface area contributed by atoms with Crippen molar-refractivity contribution >= 4 is 12.2 Å². The van der Waals surface area contributed by atoms with Crippen LogP contribution in [0.25, 0.3) is 0 Å². The van der Waals surface area contributed by atoms with Crippen LogP contribution in [0.5, 0.6) is 11.5 Å². The van der Waals surface area contributed by atoms with Crippen molar-refractivity contribution in [3.63, 3.8) is 0 Å². The number of imidazole rings is 1. The van der Waals surface area contributed by atoms with Gasteiger partial charge in [-0.25, -0.2) is 9.98 Å². The summed E-state index contributed by atoms with van der Waals surface area (Å²) in [7, 11) is 3.30. The van der Waals surface area contributed by atoms with E-state index < -0.39 is 0 Å². The van der Waals surface area contributed by atoms with Crippen molar-refractivity contribution in [3.8, 4) is 11.5 Å². The number of nitrogens with zero attached hydrogens (tertiary/aromatic N) is 3. The van der Waals surface area contributed by atoms with Crippen LogP contribution < -0.4 is 9.47 Å². The van der Waals surface area contributed by atoms with Gasteiger partial charge in [-0.3, -0.25) is 5.41 Å². The molecular weight excluding hydrogens is 370 g/mol. The highest BCUT2D eigenvalue weighted by molar-refractivity contribution is 6.02. The molecule has 3 heterocycles. The smallest absolute Gasteiger partial charge is 0.161 e. The Morgan fingerprint density at radius 3 is 2.72 bits per heavy atom. The standard InChI is InChI=1S/C21H27N5O3/c1-13-24-19(15-5-7-29-11-15)20(25-13)21(23-12-22)26-6-4-14-8-17(27-2)18(28-3)9-16(14)10-26/h8-9,12,15,22H,4-7,10-11H2,1-3H3,(H,24,25)/b22-12?,23-21+/t15-/m0/s1. The van der Waals surface area contributed by atoms with E-state index in [9.17, 15) is 0 Å². The van der Waals surface area contributed by atoms with E-state index in [0.29, 0.717) is 13.2 Å². The lowest BCUT2D eigenvalue weighted by atomic mass is 9.97. The second-order valence-corrected chi connectivity index (χ2v) is 7.37. The van der Waals surface area contributed by atoms with E-state index in [1.54, 1.807) is 14.2 Å². The van der Waals surface area contributed by atoms with Gasteiger partial charge >= 0.3 is 0 Å². The van der Waals surface area contributed by atoms with Crippen LogP contribution in [0.3, 0.4) is 0 Å². The van der Waals surface area contributed by atoms with Crippen molar-refractivity contribution in [2.24, 2.45) is 4.99 Å². The van der Waals surface area contributed by atoms with Gasteiger partial charge in [0.15, 0.2) is 17.3 Å². The fourth-order valence-electron chi connectivity index (χ4n) is 4.15. The zero-order valence-electron chi connectivity index (χ0n) is 17.1. The lowest BCUT2D eigenvalue weighted by Crippen LogP contribution is -2.37. The van der Waals surface area contributed by atoms with Crippen LogP contribution >= 0.6 is 0 Å². The Morgan fingerprint density at radius 2 is 2.07 bits per heavy atom. The zero-order valence-corrected chi connectivity index (χ0v) is 17.1. The molecule has 29 heavy (non-hydrogen) atoms. The van der Waals surface area contributed by atoms with Gasteiger partial charge in [0.05, 0.1) is 26.5 Å². The van der Waals surface area contributed by atoms with Gasteiger partial charge in [0, 0.05) is 25.6 Å². The maximum Gasteiger partial charge on any atom is 0.161 e. The first-order chi connectivity index (χ1) is 14.1. The molecule has 0 amide bonds. The molecule has 1 aromatic carbocycles. The van der Waals surface area contributed by atoms with Crippen LogP contribution in [0, 0.1) is 12.3 Å². The number of ether oxygens (including phenoxy) is 3. The first kappa shape index (κ1) is 19.4. The van der Waals surface area contributed by atoms with Crippen LogP contribution in [0.15, 0.2) is 17.1 Å². The maximum atomic E-state index is 7.61. The average molecular weight is 397 g/mol. The summed E-state index contributed by atoms with van der Waals surface area (Å²) in [5.41, 5.74) is 4.30. The van der Waals surface area contributed by atoms with Crippen LogP contribution in [0.2, 0.25) is 0 Å². The number of hydrogen-bond acceptors (Lipinski definition) is 5. The van der Waals surface area contributed by atoms with Crippen LogP contribution in [-0.4, -0.2) is 61.0 Å². The molecule has 1 saturated heterocycles. The van der Waals surface area contributed by atoms with Gasteiger partial charge in [0.2, 0.25) is 0 Å². The third-order valence-electron chi connectivity index (χ3n) is 5.59. The summed E-state index contributed by atoms with van der Waals surface area (Å²) >= 11 is 0. The normalized spacial score (nSPS) is 19.2. The van der Waals surface area contributed by atoms with Crippen molar-refractivity contribution in [2.45, 2.75) is 32.2 Å². The summed E-state index contributed by atoms with van der Waals surface area (Å²) in [4.78, 5) is 14.7. The summed E-state index contributed by atoms with van der Waals surface area (Å²) in [6, 6.07) is 4.09. The van der Waals surface area contributed by atoms with Crippen LogP contribution in [0.4, 0.5) is 0 Å². The van der Waals surface area contributed by atoms with E-state index in [2.05, 4.69) is 20.9 Å². The molecule has 2 aliphatic rings. The number of fused-ring (bicyclic) bond motifs is 1. The van der Waals surface area contributed by atoms with Crippen LogP contribution in [-0.2, 0) is 17.7 Å². The van der Waals surface area contributed by atoms with Crippen molar-refractivity contribution in [2.75, 3.05) is 34.0 Å². The zero-order chi connectivity index (χ0) is 20.4. The maximum absolute atomic E-state index is 7.61. The highest BCUT2D eigenvalue weighted by Crippen LogP contribution is 2.34. The predicted octanol–water partition coefficient (Wildman–Crippen LogP) is 2.65. The predicted molar refractivity (Wildman–Crippen MR) is 110 cm³/mol. The third kappa shape index (κ3) is 3.72. The number of amidine groups is 1. The molecule has 0 spiro atoms. The number of H-pyrrole nitrogens is 1. The van der Waals surface area contributed by atoms with Gasteiger partial charge < -0.3 is 24.1 Å². The second-order valence-electron chi connectivity index (χ2n) is 7.37. The number of hydrogen-bond donors (Lipinski definition) is 2. The van der Waals surface area contributed by atoms with Gasteiger partial charge in [0.25, 0.3) is 0 Å². The van der Waals surface area contributed by atoms with E-state index in [0.717, 1.165) is 66.9 Å². The molecule has 0 unspecified atom stereocenters. The van der Waals surface area contributed by atoms with Gasteiger partial charge in [-0.2, -0.15) is 0 Å².